The van der Waals surface area contributed by atoms with E-state index < -0.39 is 0 Å². The number of fused-ring (bicyclic) bond motifs is 1. The number of nitrogens with zero attached hydrogens (tertiary/aromatic N) is 3. The molecular weight excluding hydrogens is 336 g/mol. The van der Waals surface area contributed by atoms with Gasteiger partial charge in [0.2, 0.25) is 0 Å². The average Bonchev–Trinajstić information content (AvgIpc) is 3.04. The van der Waals surface area contributed by atoms with Crippen molar-refractivity contribution in [2.24, 2.45) is 0 Å². The zero-order chi connectivity index (χ0) is 19.0. The molecule has 0 radical (unpaired) electrons. The Hall–Kier alpha value is -2.82. The van der Waals surface area contributed by atoms with Gasteiger partial charge < -0.3 is 14.7 Å². The first kappa shape index (κ1) is 17.6. The van der Waals surface area contributed by atoms with Gasteiger partial charge in [0.15, 0.2) is 11.6 Å². The Morgan fingerprint density at radius 1 is 1.11 bits per heavy atom. The predicted octanol–water partition coefficient (Wildman–Crippen LogP) is 4.98. The molecule has 0 bridgehead atoms. The Morgan fingerprint density at radius 2 is 1.89 bits per heavy atom. The molecule has 3 heterocycles. The summed E-state index contributed by atoms with van der Waals surface area (Å²) in [7, 11) is 0. The van der Waals surface area contributed by atoms with E-state index in [0.717, 1.165) is 36.0 Å². The molecule has 27 heavy (non-hydrogen) atoms. The quantitative estimate of drug-likeness (QED) is 0.712. The van der Waals surface area contributed by atoms with Gasteiger partial charge in [-0.25, -0.2) is 4.98 Å². The molecule has 2 aromatic heterocycles. The molecule has 0 unspecified atom stereocenters. The first-order valence-electron chi connectivity index (χ1n) is 9.43. The van der Waals surface area contributed by atoms with Crippen LogP contribution in [0.3, 0.4) is 0 Å². The van der Waals surface area contributed by atoms with Gasteiger partial charge in [-0.15, -0.1) is 0 Å². The molecule has 0 saturated heterocycles. The fraction of sp³-hybridized carbons (Fsp3) is 0.364. The third kappa shape index (κ3) is 3.54. The van der Waals surface area contributed by atoms with Gasteiger partial charge in [0.05, 0.1) is 6.54 Å². The summed E-state index contributed by atoms with van der Waals surface area (Å²) in [5.74, 6) is 2.76. The highest BCUT2D eigenvalue weighted by molar-refractivity contribution is 5.61. The lowest BCUT2D eigenvalue weighted by molar-refractivity contribution is 0.377. The fourth-order valence-electron chi connectivity index (χ4n) is 3.50. The molecule has 4 rings (SSSR count). The molecule has 0 atom stereocenters. The average molecular weight is 362 g/mol. The van der Waals surface area contributed by atoms with Crippen LogP contribution < -0.4 is 10.2 Å². The number of aryl methyl sites for hydroxylation is 1. The van der Waals surface area contributed by atoms with E-state index in [1.165, 1.54) is 16.7 Å². The summed E-state index contributed by atoms with van der Waals surface area (Å²) in [6.45, 7) is 10.4. The van der Waals surface area contributed by atoms with Gasteiger partial charge in [0, 0.05) is 24.0 Å². The number of aromatic nitrogens is 2. The minimum atomic E-state index is 0.151. The smallest absolute Gasteiger partial charge is 0.177 e. The van der Waals surface area contributed by atoms with E-state index in [1.807, 2.05) is 12.3 Å². The Kier molecular flexibility index (Phi) is 4.38. The van der Waals surface area contributed by atoms with Crippen LogP contribution in [-0.2, 0) is 18.4 Å². The van der Waals surface area contributed by atoms with E-state index in [2.05, 4.69) is 78.4 Å². The van der Waals surface area contributed by atoms with Gasteiger partial charge in [-0.3, -0.25) is 0 Å². The van der Waals surface area contributed by atoms with Gasteiger partial charge in [-0.1, -0.05) is 44.1 Å². The minimum Gasteiger partial charge on any atom is -0.357 e. The van der Waals surface area contributed by atoms with Crippen molar-refractivity contribution in [1.82, 2.24) is 10.1 Å². The van der Waals surface area contributed by atoms with Crippen molar-refractivity contribution in [3.63, 3.8) is 0 Å². The Bertz CT molecular complexity index is 938. The van der Waals surface area contributed by atoms with Crippen molar-refractivity contribution >= 4 is 17.3 Å². The second-order valence-corrected chi connectivity index (χ2v) is 8.20. The molecule has 0 fully saturated rings. The molecule has 0 saturated carbocycles. The highest BCUT2D eigenvalue weighted by Crippen LogP contribution is 2.31. The molecule has 3 aromatic rings. The highest BCUT2D eigenvalue weighted by atomic mass is 16.5. The van der Waals surface area contributed by atoms with Gasteiger partial charge in [-0.2, -0.15) is 0 Å². The van der Waals surface area contributed by atoms with E-state index in [4.69, 9.17) is 4.52 Å². The van der Waals surface area contributed by atoms with Crippen molar-refractivity contribution in [1.29, 1.82) is 0 Å². The Morgan fingerprint density at radius 3 is 2.59 bits per heavy atom. The van der Waals surface area contributed by atoms with Crippen molar-refractivity contribution in [2.75, 3.05) is 16.8 Å². The summed E-state index contributed by atoms with van der Waals surface area (Å²) < 4.78 is 5.65. The first-order valence-corrected chi connectivity index (χ1v) is 9.43. The van der Waals surface area contributed by atoms with Crippen LogP contribution in [-0.4, -0.2) is 16.7 Å². The molecule has 5 nitrogen and oxygen atoms in total. The zero-order valence-electron chi connectivity index (χ0n) is 16.4. The van der Waals surface area contributed by atoms with E-state index in [0.29, 0.717) is 6.54 Å². The summed E-state index contributed by atoms with van der Waals surface area (Å²) >= 11 is 0. The maximum atomic E-state index is 5.65. The maximum absolute atomic E-state index is 5.65. The number of benzene rings is 1. The van der Waals surface area contributed by atoms with Crippen LogP contribution in [0.4, 0.5) is 17.3 Å². The van der Waals surface area contributed by atoms with Crippen molar-refractivity contribution < 1.29 is 4.52 Å². The van der Waals surface area contributed by atoms with Crippen LogP contribution in [0.5, 0.6) is 0 Å². The molecule has 0 aliphatic carbocycles. The van der Waals surface area contributed by atoms with Crippen LogP contribution in [0.15, 0.2) is 47.1 Å². The third-order valence-corrected chi connectivity index (χ3v) is 5.13. The lowest BCUT2D eigenvalue weighted by Crippen LogP contribution is -2.31. The van der Waals surface area contributed by atoms with Gasteiger partial charge in [-0.05, 0) is 48.1 Å². The number of hydrogen-bond donors (Lipinski definition) is 1. The van der Waals surface area contributed by atoms with Crippen LogP contribution >= 0.6 is 0 Å². The Balaban J connectivity index is 1.51. The molecular formula is C22H26N4O. The predicted molar refractivity (Wildman–Crippen MR) is 109 cm³/mol. The number of nitrogens with one attached hydrogen (secondary N) is 1. The van der Waals surface area contributed by atoms with Crippen LogP contribution in [0.1, 0.15) is 43.2 Å². The van der Waals surface area contributed by atoms with E-state index in [-0.39, 0.29) is 5.41 Å². The summed E-state index contributed by atoms with van der Waals surface area (Å²) in [5, 5.41) is 7.70. The summed E-state index contributed by atoms with van der Waals surface area (Å²) in [4.78, 5) is 6.78. The molecule has 0 spiro atoms. The number of hydrogen-bond acceptors (Lipinski definition) is 5. The highest BCUT2D eigenvalue weighted by Gasteiger charge is 2.25. The zero-order valence-corrected chi connectivity index (χ0v) is 16.4. The van der Waals surface area contributed by atoms with Gasteiger partial charge in [0.1, 0.15) is 5.82 Å². The number of rotatable bonds is 3. The second-order valence-electron chi connectivity index (χ2n) is 8.20. The van der Waals surface area contributed by atoms with E-state index in [1.54, 1.807) is 0 Å². The molecule has 1 aliphatic rings. The SMILES string of the molecule is Cc1cccnc1N1CCc2c(Nc3ccc(C(C)(C)C)cc3)noc2C1. The lowest BCUT2D eigenvalue weighted by Gasteiger charge is -2.27. The van der Waals surface area contributed by atoms with Gasteiger partial charge >= 0.3 is 0 Å². The molecule has 140 valence electrons. The molecule has 1 N–H and O–H groups in total. The normalized spacial score (nSPS) is 14.1. The fourth-order valence-corrected chi connectivity index (χ4v) is 3.50. The topological polar surface area (TPSA) is 54.2 Å². The Labute approximate surface area is 160 Å². The van der Waals surface area contributed by atoms with Crippen molar-refractivity contribution in [2.45, 2.75) is 46.1 Å². The molecule has 1 aromatic carbocycles. The van der Waals surface area contributed by atoms with Crippen LogP contribution in [0.2, 0.25) is 0 Å². The van der Waals surface area contributed by atoms with Crippen LogP contribution in [0, 0.1) is 6.92 Å². The molecule has 0 amide bonds. The third-order valence-electron chi connectivity index (χ3n) is 5.13. The lowest BCUT2D eigenvalue weighted by atomic mass is 9.87. The minimum absolute atomic E-state index is 0.151. The summed E-state index contributed by atoms with van der Waals surface area (Å²) in [6, 6.07) is 12.6. The maximum Gasteiger partial charge on any atom is 0.177 e. The van der Waals surface area contributed by atoms with Crippen molar-refractivity contribution in [3.8, 4) is 0 Å². The number of pyridine rings is 1. The largest absolute Gasteiger partial charge is 0.357 e. The summed E-state index contributed by atoms with van der Waals surface area (Å²) in [6.07, 6.45) is 2.73. The van der Waals surface area contributed by atoms with Gasteiger partial charge in [0.25, 0.3) is 0 Å². The first-order chi connectivity index (χ1) is 12.9. The molecule has 5 heteroatoms. The standard InChI is InChI=1S/C22H26N4O/c1-15-6-5-12-23-21(15)26-13-11-18-19(14-26)27-25-20(18)24-17-9-7-16(8-10-17)22(2,3)4/h5-10,12H,11,13-14H2,1-4H3,(H,24,25). The number of anilines is 3. The second kappa shape index (κ2) is 6.72. The van der Waals surface area contributed by atoms with E-state index >= 15 is 0 Å². The summed E-state index contributed by atoms with van der Waals surface area (Å²) in [5.41, 5.74) is 4.84. The molecule has 1 aliphatic heterocycles. The van der Waals surface area contributed by atoms with Crippen LogP contribution in [0.25, 0.3) is 0 Å². The van der Waals surface area contributed by atoms with Crippen molar-refractivity contribution in [3.05, 3.63) is 65.0 Å². The van der Waals surface area contributed by atoms with E-state index in [9.17, 15) is 0 Å². The monoisotopic (exact) mass is 362 g/mol.